The summed E-state index contributed by atoms with van der Waals surface area (Å²) in [6.07, 6.45) is 13.1. The molecule has 1 unspecified atom stereocenters. The highest BCUT2D eigenvalue weighted by atomic mass is 35.5. The number of halogens is 1. The first kappa shape index (κ1) is 41.1. The number of imidazole rings is 1. The van der Waals surface area contributed by atoms with Crippen molar-refractivity contribution in [3.8, 4) is 11.6 Å². The van der Waals surface area contributed by atoms with E-state index >= 15 is 4.21 Å². The number of carbonyl (C=O) groups excluding carboxylic acids is 2. The second-order valence-corrected chi connectivity index (χ2v) is 19.0. The van der Waals surface area contributed by atoms with Crippen molar-refractivity contribution >= 4 is 39.0 Å². The van der Waals surface area contributed by atoms with E-state index in [-0.39, 0.29) is 46.8 Å². The zero-order chi connectivity index (χ0) is 41.5. The lowest BCUT2D eigenvalue weighted by Crippen LogP contribution is -2.49. The van der Waals surface area contributed by atoms with Gasteiger partial charge in [-0.05, 0) is 85.4 Å². The van der Waals surface area contributed by atoms with Crippen LogP contribution in [0.15, 0.2) is 71.6 Å². The molecule has 2 amide bonds. The molecule has 14 nitrogen and oxygen atoms in total. The molecule has 1 N–H and O–H groups in total. The lowest BCUT2D eigenvalue weighted by Gasteiger charge is -2.46. The van der Waals surface area contributed by atoms with Gasteiger partial charge in [-0.1, -0.05) is 36.7 Å². The molecule has 2 aliphatic heterocycles. The zero-order valence-electron chi connectivity index (χ0n) is 34.1. The topological polar surface area (TPSA) is 151 Å². The number of hydrogen-bond acceptors (Lipinski definition) is 10. The van der Waals surface area contributed by atoms with Gasteiger partial charge in [0.05, 0.1) is 56.0 Å². The van der Waals surface area contributed by atoms with Crippen LogP contribution in [0.25, 0.3) is 0 Å². The summed E-state index contributed by atoms with van der Waals surface area (Å²) in [5.41, 5.74) is 3.96. The number of nitrogens with zero attached hydrogens (tertiary/aromatic N) is 6. The fourth-order valence-electron chi connectivity index (χ4n) is 9.25. The summed E-state index contributed by atoms with van der Waals surface area (Å²) < 4.78 is 50.1. The first-order valence-electron chi connectivity index (χ1n) is 20.1. The highest BCUT2D eigenvalue weighted by Gasteiger charge is 2.44. The molecule has 4 aliphatic rings. The number of benzene rings is 2. The number of nitrogens with one attached hydrogen (secondary N) is 1. The molecule has 2 bridgehead atoms. The van der Waals surface area contributed by atoms with E-state index in [2.05, 4.69) is 36.2 Å². The molecule has 2 aromatic heterocycles. The summed E-state index contributed by atoms with van der Waals surface area (Å²) in [5.74, 6) is -0.953. The third-order valence-corrected chi connectivity index (χ3v) is 14.5. The minimum absolute atomic E-state index is 0.0484. The van der Waals surface area contributed by atoms with E-state index in [1.54, 1.807) is 32.6 Å². The molecular weight excluding hydrogens is 794 g/mol. The normalized spacial score (nSPS) is 28.6. The Morgan fingerprint density at radius 2 is 1.93 bits per heavy atom. The summed E-state index contributed by atoms with van der Waals surface area (Å²) in [6, 6.07) is 11.5. The van der Waals surface area contributed by atoms with Crippen molar-refractivity contribution < 1.29 is 32.7 Å². The number of ether oxygens (including phenoxy) is 4. The SMILES string of the molecule is COc1nn(C)cc1C(=O)NS1(=O)=NC(=O)c2ccc3c(c2)N(C[C@@H]2CC[C@H]2[C@@H](OC)/C=C\[C@H](OCc2cn(C)cn2)[C@H](C)C1)C[C@@]1(CCCc2cc(Cl)ccc21)CO3. The smallest absolute Gasteiger partial charge is 0.286 e. The van der Waals surface area contributed by atoms with Crippen molar-refractivity contribution in [3.05, 3.63) is 100 Å². The minimum Gasteiger partial charge on any atom is -0.490 e. The molecular formula is C43H52ClN7O7S. The van der Waals surface area contributed by atoms with Crippen LogP contribution in [0.3, 0.4) is 0 Å². The maximum Gasteiger partial charge on any atom is 0.286 e. The van der Waals surface area contributed by atoms with Gasteiger partial charge in [0.15, 0.2) is 0 Å². The number of fused-ring (bicyclic) bond motifs is 4. The van der Waals surface area contributed by atoms with E-state index in [4.69, 9.17) is 30.5 Å². The quantitative estimate of drug-likeness (QED) is 0.217. The highest BCUT2D eigenvalue weighted by molar-refractivity contribution is 7.92. The number of amides is 2. The van der Waals surface area contributed by atoms with Gasteiger partial charge >= 0.3 is 0 Å². The van der Waals surface area contributed by atoms with Gasteiger partial charge in [-0.2, -0.15) is 0 Å². The van der Waals surface area contributed by atoms with Crippen molar-refractivity contribution in [3.63, 3.8) is 0 Å². The Labute approximate surface area is 350 Å². The van der Waals surface area contributed by atoms with E-state index in [0.717, 1.165) is 48.5 Å². The molecule has 2 aliphatic carbocycles. The number of aromatic nitrogens is 4. The van der Waals surface area contributed by atoms with Gasteiger partial charge in [-0.3, -0.25) is 19.0 Å². The average Bonchev–Trinajstić information content (AvgIpc) is 3.76. The molecule has 7 atom stereocenters. The Bertz CT molecular complexity index is 2390. The number of carbonyl (C=O) groups is 2. The van der Waals surface area contributed by atoms with Crippen molar-refractivity contribution in [1.82, 2.24) is 24.1 Å². The Morgan fingerprint density at radius 1 is 1.10 bits per heavy atom. The van der Waals surface area contributed by atoms with Crippen LogP contribution < -0.4 is 19.1 Å². The maximum atomic E-state index is 15.1. The van der Waals surface area contributed by atoms with Crippen LogP contribution in [0.1, 0.15) is 70.1 Å². The molecule has 4 heterocycles. The largest absolute Gasteiger partial charge is 0.490 e. The second-order valence-electron chi connectivity index (χ2n) is 16.5. The predicted octanol–water partition coefficient (Wildman–Crippen LogP) is 6.07. The van der Waals surface area contributed by atoms with Crippen molar-refractivity contribution in [2.24, 2.45) is 36.2 Å². The number of aryl methyl sites for hydroxylation is 3. The molecule has 1 saturated carbocycles. The molecule has 4 aromatic rings. The molecule has 1 spiro atoms. The van der Waals surface area contributed by atoms with E-state index in [9.17, 15) is 9.59 Å². The fraction of sp³-hybridized carbons (Fsp3) is 0.488. The monoisotopic (exact) mass is 845 g/mol. The standard InChI is InChI=1S/C43H52ClN7O7S/c1-27-23-59(54,48-41(53)34-21-50(3)46-42(34)56-5)47-40(52)29-9-13-39-36(18-29)51(24-43(25-58-39)16-6-7-28-17-31(44)10-12-35(28)43)19-30-8-11-33(30)38(55-4)15-14-37(27)57-22-32-20-49(2)26-45-32/h9-10,12-15,17-18,20-21,26-27,30,33,37-38H,6-8,11,16,19,22-25H2,1-5H3,(H,47,48,52,53,54)/b15-14-/t27-,30+,33-,37+,38+,43+,59?/m1/s1. The predicted molar refractivity (Wildman–Crippen MR) is 224 cm³/mol. The van der Waals surface area contributed by atoms with Crippen LogP contribution in [0.2, 0.25) is 5.02 Å². The second kappa shape index (κ2) is 16.7. The van der Waals surface area contributed by atoms with Gasteiger partial charge in [-0.15, -0.1) is 9.46 Å². The van der Waals surface area contributed by atoms with Crippen LogP contribution >= 0.6 is 11.6 Å². The molecule has 314 valence electrons. The van der Waals surface area contributed by atoms with E-state index < -0.39 is 33.8 Å². The average molecular weight is 846 g/mol. The third-order valence-electron chi connectivity index (χ3n) is 12.3. The van der Waals surface area contributed by atoms with Gasteiger partial charge in [0, 0.05) is 68.6 Å². The molecule has 0 saturated heterocycles. The zero-order valence-corrected chi connectivity index (χ0v) is 35.7. The summed E-state index contributed by atoms with van der Waals surface area (Å²) in [7, 11) is 2.85. The van der Waals surface area contributed by atoms with E-state index in [1.807, 2.05) is 49.0 Å². The Balaban J connectivity index is 1.22. The number of anilines is 1. The van der Waals surface area contributed by atoms with Crippen molar-refractivity contribution in [2.75, 3.05) is 44.6 Å². The Hall–Kier alpha value is -4.70. The van der Waals surface area contributed by atoms with Crippen LogP contribution in [0, 0.1) is 17.8 Å². The lowest BCUT2D eigenvalue weighted by atomic mass is 9.68. The molecule has 2 aromatic carbocycles. The summed E-state index contributed by atoms with van der Waals surface area (Å²) in [6.45, 7) is 3.90. The lowest BCUT2D eigenvalue weighted by molar-refractivity contribution is 0.00990. The Morgan fingerprint density at radius 3 is 2.68 bits per heavy atom. The maximum absolute atomic E-state index is 15.1. The number of methoxy groups -OCH3 is 2. The van der Waals surface area contributed by atoms with Crippen LogP contribution in [0.4, 0.5) is 5.69 Å². The van der Waals surface area contributed by atoms with Crippen molar-refractivity contribution in [2.45, 2.75) is 63.3 Å². The fourth-order valence-corrected chi connectivity index (χ4v) is 11.3. The van der Waals surface area contributed by atoms with Gasteiger partial charge in [0.1, 0.15) is 21.2 Å². The molecule has 0 radical (unpaired) electrons. The summed E-state index contributed by atoms with van der Waals surface area (Å²) in [5, 5.41) is 4.91. The van der Waals surface area contributed by atoms with Crippen molar-refractivity contribution in [1.29, 1.82) is 0 Å². The molecule has 16 heteroatoms. The number of rotatable bonds is 7. The molecule has 1 fully saturated rings. The first-order valence-corrected chi connectivity index (χ1v) is 22.2. The van der Waals surface area contributed by atoms with E-state index in [0.29, 0.717) is 31.4 Å². The summed E-state index contributed by atoms with van der Waals surface area (Å²) >= 11 is 6.50. The first-order chi connectivity index (χ1) is 28.4. The van der Waals surface area contributed by atoms with Gasteiger partial charge in [-0.25, -0.2) is 9.19 Å². The van der Waals surface area contributed by atoms with Gasteiger partial charge < -0.3 is 28.4 Å². The molecule has 59 heavy (non-hydrogen) atoms. The summed E-state index contributed by atoms with van der Waals surface area (Å²) in [4.78, 5) is 35.0. The van der Waals surface area contributed by atoms with Gasteiger partial charge in [0.2, 0.25) is 5.88 Å². The Kier molecular flexibility index (Phi) is 11.7. The third kappa shape index (κ3) is 8.52. The number of hydrogen-bond donors (Lipinski definition) is 1. The minimum atomic E-state index is -3.81. The molecule has 8 rings (SSSR count). The van der Waals surface area contributed by atoms with Crippen LogP contribution in [0.5, 0.6) is 11.6 Å². The van der Waals surface area contributed by atoms with Gasteiger partial charge in [0.25, 0.3) is 11.8 Å². The van der Waals surface area contributed by atoms with Crippen LogP contribution in [-0.2, 0) is 51.9 Å². The van der Waals surface area contributed by atoms with Crippen LogP contribution in [-0.4, -0.2) is 87.2 Å². The highest BCUT2D eigenvalue weighted by Crippen LogP contribution is 2.47. The van der Waals surface area contributed by atoms with E-state index in [1.165, 1.54) is 29.1 Å².